The molecule has 0 atom stereocenters. The number of hydrogen-bond donors (Lipinski definition) is 2. The first kappa shape index (κ1) is 22.9. The van der Waals surface area contributed by atoms with E-state index in [1.165, 1.54) is 31.0 Å². The second kappa shape index (κ2) is 9.58. The van der Waals surface area contributed by atoms with Gasteiger partial charge in [0.15, 0.2) is 6.61 Å². The van der Waals surface area contributed by atoms with Gasteiger partial charge in [-0.3, -0.25) is 9.78 Å². The Bertz CT molecular complexity index is 1100. The van der Waals surface area contributed by atoms with E-state index < -0.39 is 12.8 Å². The summed E-state index contributed by atoms with van der Waals surface area (Å²) in [5.74, 6) is 0.654. The molecule has 0 unspecified atom stereocenters. The number of nitrogens with one attached hydrogen (secondary N) is 2. The van der Waals surface area contributed by atoms with E-state index in [0.29, 0.717) is 28.4 Å². The van der Waals surface area contributed by atoms with Gasteiger partial charge in [-0.2, -0.15) is 18.3 Å². The average Bonchev–Trinajstić information content (AvgIpc) is 3.02. The van der Waals surface area contributed by atoms with Crippen molar-refractivity contribution in [2.24, 2.45) is 7.05 Å². The SMILES string of the molecule is CNC(=O)c1cc(Oc2cccc(NCc3c(C)nn(C)c3OCC(F)(F)F)c2)ccn1. The van der Waals surface area contributed by atoms with Crippen LogP contribution in [0.25, 0.3) is 0 Å². The minimum absolute atomic E-state index is 0.0539. The minimum atomic E-state index is -4.45. The Balaban J connectivity index is 1.71. The number of benzene rings is 1. The molecule has 0 saturated carbocycles. The number of alkyl halides is 3. The van der Waals surface area contributed by atoms with Crippen LogP contribution in [0.3, 0.4) is 0 Å². The van der Waals surface area contributed by atoms with Gasteiger partial charge in [0.25, 0.3) is 5.91 Å². The maximum atomic E-state index is 12.6. The van der Waals surface area contributed by atoms with Crippen LogP contribution in [-0.2, 0) is 13.6 Å². The highest BCUT2D eigenvalue weighted by molar-refractivity contribution is 5.92. The van der Waals surface area contributed by atoms with Gasteiger partial charge in [-0.15, -0.1) is 0 Å². The molecular weight excluding hydrogens is 427 g/mol. The molecule has 8 nitrogen and oxygen atoms in total. The van der Waals surface area contributed by atoms with Crippen molar-refractivity contribution in [2.75, 3.05) is 19.0 Å². The van der Waals surface area contributed by atoms with Crippen molar-refractivity contribution in [3.05, 3.63) is 59.5 Å². The third-order valence-electron chi connectivity index (χ3n) is 4.39. The predicted molar refractivity (Wildman–Crippen MR) is 111 cm³/mol. The number of rotatable bonds is 8. The van der Waals surface area contributed by atoms with Gasteiger partial charge in [0.05, 0.1) is 11.3 Å². The Hall–Kier alpha value is -3.76. The van der Waals surface area contributed by atoms with Crippen molar-refractivity contribution in [3.8, 4) is 17.4 Å². The van der Waals surface area contributed by atoms with Crippen LogP contribution in [0.1, 0.15) is 21.7 Å². The van der Waals surface area contributed by atoms with Gasteiger partial charge in [-0.05, 0) is 25.1 Å². The molecule has 0 radical (unpaired) electrons. The summed E-state index contributed by atoms with van der Waals surface area (Å²) in [5.41, 5.74) is 1.97. The molecule has 3 rings (SSSR count). The largest absolute Gasteiger partial charge is 0.468 e. The number of ether oxygens (including phenoxy) is 2. The lowest BCUT2D eigenvalue weighted by molar-refractivity contribution is -0.154. The molecule has 0 aliphatic carbocycles. The third-order valence-corrected chi connectivity index (χ3v) is 4.39. The topological polar surface area (TPSA) is 90.3 Å². The number of nitrogens with zero attached hydrogens (tertiary/aromatic N) is 3. The van der Waals surface area contributed by atoms with Crippen molar-refractivity contribution < 1.29 is 27.4 Å². The van der Waals surface area contributed by atoms with Crippen LogP contribution in [0.15, 0.2) is 42.6 Å². The quantitative estimate of drug-likeness (QED) is 0.543. The normalized spacial score (nSPS) is 11.2. The molecule has 2 heterocycles. The maximum absolute atomic E-state index is 12.6. The van der Waals surface area contributed by atoms with E-state index in [2.05, 4.69) is 20.7 Å². The predicted octanol–water partition coefficient (Wildman–Crippen LogP) is 3.83. The summed E-state index contributed by atoms with van der Waals surface area (Å²) < 4.78 is 49.7. The molecule has 3 aromatic rings. The fourth-order valence-electron chi connectivity index (χ4n) is 2.94. The molecule has 0 bridgehead atoms. The number of amides is 1. The van der Waals surface area contributed by atoms with Crippen LogP contribution < -0.4 is 20.1 Å². The van der Waals surface area contributed by atoms with Gasteiger partial charge in [0, 0.05) is 44.7 Å². The number of pyridine rings is 1. The lowest BCUT2D eigenvalue weighted by Gasteiger charge is -2.13. The highest BCUT2D eigenvalue weighted by Crippen LogP contribution is 2.27. The second-order valence-electron chi connectivity index (χ2n) is 6.84. The van der Waals surface area contributed by atoms with Crippen molar-refractivity contribution in [3.63, 3.8) is 0 Å². The lowest BCUT2D eigenvalue weighted by atomic mass is 10.2. The molecule has 0 aliphatic rings. The number of aromatic nitrogens is 3. The van der Waals surface area contributed by atoms with E-state index in [1.54, 1.807) is 37.3 Å². The summed E-state index contributed by atoms with van der Waals surface area (Å²) in [6.45, 7) is 0.503. The third kappa shape index (κ3) is 5.90. The number of hydrogen-bond acceptors (Lipinski definition) is 6. The molecule has 0 aliphatic heterocycles. The fourth-order valence-corrected chi connectivity index (χ4v) is 2.94. The Labute approximate surface area is 182 Å². The first-order valence-corrected chi connectivity index (χ1v) is 9.58. The van der Waals surface area contributed by atoms with E-state index in [9.17, 15) is 18.0 Å². The van der Waals surface area contributed by atoms with Gasteiger partial charge >= 0.3 is 6.18 Å². The molecular formula is C21H22F3N5O3. The number of carbonyl (C=O) groups excluding carboxylic acids is 1. The first-order chi connectivity index (χ1) is 15.2. The molecule has 32 heavy (non-hydrogen) atoms. The van der Waals surface area contributed by atoms with Gasteiger partial charge in [-0.1, -0.05) is 6.07 Å². The average molecular weight is 449 g/mol. The molecule has 2 aromatic heterocycles. The summed E-state index contributed by atoms with van der Waals surface area (Å²) >= 11 is 0. The van der Waals surface area contributed by atoms with Crippen LogP contribution in [-0.4, -0.2) is 40.5 Å². The summed E-state index contributed by atoms with van der Waals surface area (Å²) in [5, 5.41) is 9.79. The van der Waals surface area contributed by atoms with E-state index in [0.717, 1.165) is 0 Å². The van der Waals surface area contributed by atoms with Crippen molar-refractivity contribution in [2.45, 2.75) is 19.6 Å². The van der Waals surface area contributed by atoms with Crippen molar-refractivity contribution >= 4 is 11.6 Å². The molecule has 0 spiro atoms. The minimum Gasteiger partial charge on any atom is -0.468 e. The monoisotopic (exact) mass is 449 g/mol. The molecule has 11 heteroatoms. The molecule has 0 saturated heterocycles. The number of aryl methyl sites for hydroxylation is 2. The van der Waals surface area contributed by atoms with E-state index >= 15 is 0 Å². The Morgan fingerprint density at radius 1 is 1.19 bits per heavy atom. The Kier molecular flexibility index (Phi) is 6.86. The number of halogens is 3. The van der Waals surface area contributed by atoms with Crippen LogP contribution in [0, 0.1) is 6.92 Å². The highest BCUT2D eigenvalue weighted by Gasteiger charge is 2.30. The van der Waals surface area contributed by atoms with E-state index in [1.807, 2.05) is 0 Å². The summed E-state index contributed by atoms with van der Waals surface area (Å²) in [6.07, 6.45) is -2.98. The standard InChI is InChI=1S/C21H22F3N5O3/c1-13-17(20(29(3)28-13)31-12-21(22,23)24)11-27-14-5-4-6-15(9-14)32-16-7-8-26-18(10-16)19(30)25-2/h4-10,27H,11-12H2,1-3H3,(H,25,30). The highest BCUT2D eigenvalue weighted by atomic mass is 19.4. The maximum Gasteiger partial charge on any atom is 0.422 e. The summed E-state index contributed by atoms with van der Waals surface area (Å²) in [7, 11) is 3.04. The number of anilines is 1. The number of carbonyl (C=O) groups is 1. The zero-order valence-corrected chi connectivity index (χ0v) is 17.7. The molecule has 1 amide bonds. The van der Waals surface area contributed by atoms with Gasteiger partial charge in [-0.25, -0.2) is 4.68 Å². The zero-order chi connectivity index (χ0) is 23.3. The van der Waals surface area contributed by atoms with Crippen LogP contribution in [0.5, 0.6) is 17.4 Å². The van der Waals surface area contributed by atoms with Crippen molar-refractivity contribution in [1.82, 2.24) is 20.1 Å². The first-order valence-electron chi connectivity index (χ1n) is 9.58. The fraction of sp³-hybridized carbons (Fsp3) is 0.286. The van der Waals surface area contributed by atoms with Crippen LogP contribution in [0.2, 0.25) is 0 Å². The van der Waals surface area contributed by atoms with Gasteiger partial charge in [0.1, 0.15) is 17.2 Å². The Morgan fingerprint density at radius 3 is 2.66 bits per heavy atom. The van der Waals surface area contributed by atoms with E-state index in [4.69, 9.17) is 9.47 Å². The molecule has 0 fully saturated rings. The summed E-state index contributed by atoms with van der Waals surface area (Å²) in [4.78, 5) is 15.7. The molecule has 2 N–H and O–H groups in total. The summed E-state index contributed by atoms with van der Waals surface area (Å²) in [6, 6.07) is 10.1. The van der Waals surface area contributed by atoms with Crippen LogP contribution in [0.4, 0.5) is 18.9 Å². The molecule has 170 valence electrons. The molecule has 1 aromatic carbocycles. The second-order valence-corrected chi connectivity index (χ2v) is 6.84. The van der Waals surface area contributed by atoms with Crippen LogP contribution >= 0.6 is 0 Å². The lowest BCUT2D eigenvalue weighted by Crippen LogP contribution is -2.21. The Morgan fingerprint density at radius 2 is 1.94 bits per heavy atom. The smallest absolute Gasteiger partial charge is 0.422 e. The zero-order valence-electron chi connectivity index (χ0n) is 17.7. The van der Waals surface area contributed by atoms with Crippen molar-refractivity contribution in [1.29, 1.82) is 0 Å². The van der Waals surface area contributed by atoms with E-state index in [-0.39, 0.29) is 24.0 Å². The van der Waals surface area contributed by atoms with Gasteiger partial charge < -0.3 is 20.1 Å². The van der Waals surface area contributed by atoms with Gasteiger partial charge in [0.2, 0.25) is 5.88 Å².